The molecule has 1 heterocycles. The third kappa shape index (κ3) is 3.67. The summed E-state index contributed by atoms with van der Waals surface area (Å²) in [6.45, 7) is 7.84. The third-order valence-corrected chi connectivity index (χ3v) is 3.52. The van der Waals surface area contributed by atoms with Crippen LogP contribution in [0, 0.1) is 0 Å². The Balaban J connectivity index is 2.03. The zero-order valence-corrected chi connectivity index (χ0v) is 12.4. The predicted octanol–water partition coefficient (Wildman–Crippen LogP) is 3.28. The maximum Gasteiger partial charge on any atom is 0.131 e. The van der Waals surface area contributed by atoms with Gasteiger partial charge < -0.3 is 4.90 Å². The Hall–Kier alpha value is -1.13. The van der Waals surface area contributed by atoms with Crippen molar-refractivity contribution < 1.29 is 0 Å². The molecule has 19 heavy (non-hydrogen) atoms. The molecular weight excluding hydrogens is 260 g/mol. The summed E-state index contributed by atoms with van der Waals surface area (Å²) in [7, 11) is 0. The molecule has 2 aromatic rings. The van der Waals surface area contributed by atoms with Gasteiger partial charge in [0, 0.05) is 6.54 Å². The molecule has 0 amide bonds. The standard InChI is InChI=1S/C14H21ClN4/c1-3-6-19(7-4-2)8-5-11-9-12(15)14-13(10-11)16-18-17-14/h9-10H,3-8H2,1-2H3,(H,16,17,18). The van der Waals surface area contributed by atoms with E-state index in [2.05, 4.69) is 40.2 Å². The highest BCUT2D eigenvalue weighted by atomic mass is 35.5. The van der Waals surface area contributed by atoms with Crippen LogP contribution >= 0.6 is 11.6 Å². The lowest BCUT2D eigenvalue weighted by Gasteiger charge is -2.20. The number of hydrogen-bond acceptors (Lipinski definition) is 3. The van der Waals surface area contributed by atoms with Crippen molar-refractivity contribution >= 4 is 22.6 Å². The zero-order chi connectivity index (χ0) is 13.7. The first-order valence-electron chi connectivity index (χ1n) is 6.95. The van der Waals surface area contributed by atoms with E-state index in [-0.39, 0.29) is 0 Å². The van der Waals surface area contributed by atoms with Gasteiger partial charge in [0.25, 0.3) is 0 Å². The summed E-state index contributed by atoms with van der Waals surface area (Å²) in [5.74, 6) is 0. The SMILES string of the molecule is CCCN(CCC)CCc1cc(Cl)c2n[nH]nc2c1. The Morgan fingerprint density at radius 3 is 2.53 bits per heavy atom. The van der Waals surface area contributed by atoms with Gasteiger partial charge in [0.15, 0.2) is 0 Å². The van der Waals surface area contributed by atoms with Crippen molar-refractivity contribution in [3.63, 3.8) is 0 Å². The van der Waals surface area contributed by atoms with E-state index in [1.165, 1.54) is 18.4 Å². The Labute approximate surface area is 119 Å². The largest absolute Gasteiger partial charge is 0.303 e. The molecule has 0 unspecified atom stereocenters. The number of fused-ring (bicyclic) bond motifs is 1. The van der Waals surface area contributed by atoms with Crippen molar-refractivity contribution in [1.82, 2.24) is 20.3 Å². The summed E-state index contributed by atoms with van der Waals surface area (Å²) < 4.78 is 0. The minimum atomic E-state index is 0.679. The van der Waals surface area contributed by atoms with Crippen LogP contribution in [-0.4, -0.2) is 39.9 Å². The molecule has 0 spiro atoms. The van der Waals surface area contributed by atoms with Crippen LogP contribution in [0.1, 0.15) is 32.3 Å². The maximum atomic E-state index is 6.21. The highest BCUT2D eigenvalue weighted by Gasteiger charge is 2.08. The van der Waals surface area contributed by atoms with Gasteiger partial charge in [0.05, 0.1) is 5.02 Å². The first kappa shape index (κ1) is 14.3. The molecule has 0 aliphatic heterocycles. The van der Waals surface area contributed by atoms with Crippen molar-refractivity contribution in [1.29, 1.82) is 0 Å². The van der Waals surface area contributed by atoms with Crippen LogP contribution < -0.4 is 0 Å². The molecule has 4 nitrogen and oxygen atoms in total. The van der Waals surface area contributed by atoms with Crippen LogP contribution in [0.4, 0.5) is 0 Å². The van der Waals surface area contributed by atoms with E-state index >= 15 is 0 Å². The molecule has 0 radical (unpaired) electrons. The lowest BCUT2D eigenvalue weighted by molar-refractivity contribution is 0.278. The highest BCUT2D eigenvalue weighted by Crippen LogP contribution is 2.22. The molecule has 0 saturated carbocycles. The summed E-state index contributed by atoms with van der Waals surface area (Å²) in [5.41, 5.74) is 2.83. The minimum Gasteiger partial charge on any atom is -0.303 e. The van der Waals surface area contributed by atoms with Gasteiger partial charge in [-0.3, -0.25) is 0 Å². The second-order valence-electron chi connectivity index (χ2n) is 4.86. The van der Waals surface area contributed by atoms with Gasteiger partial charge in [-0.05, 0) is 50.0 Å². The molecule has 0 atom stereocenters. The average Bonchev–Trinajstić information content (AvgIpc) is 2.85. The topological polar surface area (TPSA) is 44.8 Å². The first-order chi connectivity index (χ1) is 9.24. The van der Waals surface area contributed by atoms with Crippen molar-refractivity contribution in [3.05, 3.63) is 22.7 Å². The highest BCUT2D eigenvalue weighted by molar-refractivity contribution is 6.34. The van der Waals surface area contributed by atoms with E-state index in [1.54, 1.807) is 0 Å². The molecule has 2 rings (SSSR count). The fourth-order valence-corrected chi connectivity index (χ4v) is 2.64. The van der Waals surface area contributed by atoms with E-state index < -0.39 is 0 Å². The fraction of sp³-hybridized carbons (Fsp3) is 0.571. The van der Waals surface area contributed by atoms with Gasteiger partial charge in [0.1, 0.15) is 11.0 Å². The summed E-state index contributed by atoms with van der Waals surface area (Å²) in [4.78, 5) is 2.50. The molecule has 1 aromatic heterocycles. The molecule has 0 fully saturated rings. The van der Waals surface area contributed by atoms with Gasteiger partial charge in [-0.15, -0.1) is 0 Å². The zero-order valence-electron chi connectivity index (χ0n) is 11.6. The number of aromatic nitrogens is 3. The molecule has 5 heteroatoms. The van der Waals surface area contributed by atoms with Crippen molar-refractivity contribution in [2.75, 3.05) is 19.6 Å². The Morgan fingerprint density at radius 2 is 1.84 bits per heavy atom. The molecule has 104 valence electrons. The maximum absolute atomic E-state index is 6.21. The van der Waals surface area contributed by atoms with Crippen LogP contribution in [0.3, 0.4) is 0 Å². The van der Waals surface area contributed by atoms with Crippen LogP contribution in [0.25, 0.3) is 11.0 Å². The van der Waals surface area contributed by atoms with Crippen molar-refractivity contribution in [3.8, 4) is 0 Å². The lowest BCUT2D eigenvalue weighted by Crippen LogP contribution is -2.27. The first-order valence-corrected chi connectivity index (χ1v) is 7.33. The number of halogens is 1. The molecule has 1 N–H and O–H groups in total. The Morgan fingerprint density at radius 1 is 1.11 bits per heavy atom. The van der Waals surface area contributed by atoms with Crippen LogP contribution in [0.2, 0.25) is 5.02 Å². The third-order valence-electron chi connectivity index (χ3n) is 3.23. The molecule has 0 aliphatic rings. The van der Waals surface area contributed by atoms with Crippen molar-refractivity contribution in [2.45, 2.75) is 33.1 Å². The van der Waals surface area contributed by atoms with E-state index in [4.69, 9.17) is 11.6 Å². The monoisotopic (exact) mass is 280 g/mol. The van der Waals surface area contributed by atoms with Crippen LogP contribution in [-0.2, 0) is 6.42 Å². The summed E-state index contributed by atoms with van der Waals surface area (Å²) >= 11 is 6.21. The van der Waals surface area contributed by atoms with E-state index in [9.17, 15) is 0 Å². The fourth-order valence-electron chi connectivity index (χ4n) is 2.36. The van der Waals surface area contributed by atoms with Gasteiger partial charge in [-0.1, -0.05) is 25.4 Å². The number of nitrogens with zero attached hydrogens (tertiary/aromatic N) is 3. The van der Waals surface area contributed by atoms with Gasteiger partial charge in [0.2, 0.25) is 0 Å². The normalized spacial score (nSPS) is 11.6. The number of aromatic amines is 1. The quantitative estimate of drug-likeness (QED) is 0.846. The Bertz CT molecular complexity index is 517. The number of benzene rings is 1. The minimum absolute atomic E-state index is 0.679. The molecule has 0 bridgehead atoms. The smallest absolute Gasteiger partial charge is 0.131 e. The molecular formula is C14H21ClN4. The molecule has 0 saturated heterocycles. The predicted molar refractivity (Wildman–Crippen MR) is 79.6 cm³/mol. The molecule has 0 aliphatic carbocycles. The van der Waals surface area contributed by atoms with Crippen molar-refractivity contribution in [2.24, 2.45) is 0 Å². The number of hydrogen-bond donors (Lipinski definition) is 1. The van der Waals surface area contributed by atoms with E-state index in [0.717, 1.165) is 37.1 Å². The summed E-state index contributed by atoms with van der Waals surface area (Å²) in [6.07, 6.45) is 3.40. The summed E-state index contributed by atoms with van der Waals surface area (Å²) in [5, 5.41) is 11.4. The van der Waals surface area contributed by atoms with E-state index in [0.29, 0.717) is 5.02 Å². The van der Waals surface area contributed by atoms with Crippen LogP contribution in [0.15, 0.2) is 12.1 Å². The van der Waals surface area contributed by atoms with Gasteiger partial charge in [-0.25, -0.2) is 0 Å². The molecule has 1 aromatic carbocycles. The second kappa shape index (κ2) is 6.87. The number of rotatable bonds is 7. The Kier molecular flexibility index (Phi) is 5.16. The summed E-state index contributed by atoms with van der Waals surface area (Å²) in [6, 6.07) is 4.07. The average molecular weight is 281 g/mol. The van der Waals surface area contributed by atoms with E-state index in [1.807, 2.05) is 6.07 Å². The van der Waals surface area contributed by atoms with Gasteiger partial charge in [-0.2, -0.15) is 15.4 Å². The second-order valence-corrected chi connectivity index (χ2v) is 5.27. The number of nitrogens with one attached hydrogen (secondary N) is 1. The number of H-pyrrole nitrogens is 1. The van der Waals surface area contributed by atoms with Gasteiger partial charge >= 0.3 is 0 Å². The lowest BCUT2D eigenvalue weighted by atomic mass is 10.1. The van der Waals surface area contributed by atoms with Crippen LogP contribution in [0.5, 0.6) is 0 Å².